The Balaban J connectivity index is 1.44. The Morgan fingerprint density at radius 3 is 2.44 bits per heavy atom. The number of nitrogens with one attached hydrogen (secondary N) is 1. The Labute approximate surface area is 169 Å². The maximum atomic E-state index is 12.0. The molecule has 1 heterocycles. The molecule has 5 nitrogen and oxygen atoms in total. The number of likely N-dealkylation sites (N-methyl/N-ethyl adjacent to an activating group) is 1. The van der Waals surface area contributed by atoms with Crippen LogP contribution in [-0.2, 0) is 11.3 Å². The van der Waals surface area contributed by atoms with Gasteiger partial charge in [-0.1, -0.05) is 35.3 Å². The van der Waals surface area contributed by atoms with Crippen molar-refractivity contribution >= 4 is 34.8 Å². The lowest BCUT2D eigenvalue weighted by Crippen LogP contribution is -2.44. The molecule has 0 aliphatic carbocycles. The molecule has 1 amide bonds. The summed E-state index contributed by atoms with van der Waals surface area (Å²) < 4.78 is 5.44. The van der Waals surface area contributed by atoms with Crippen LogP contribution in [0.1, 0.15) is 5.56 Å². The molecule has 144 valence electrons. The standard InChI is InChI=1S/C20H23Cl2N3O2/c1-24-8-10-25(11-9-24)17-5-2-15(3-6-17)13-23-20(26)14-27-19-7-4-16(21)12-18(19)22/h2-7,12H,8-11,13-14H2,1H3,(H,23,26). The number of amides is 1. The molecule has 1 N–H and O–H groups in total. The summed E-state index contributed by atoms with van der Waals surface area (Å²) in [5.41, 5.74) is 2.27. The summed E-state index contributed by atoms with van der Waals surface area (Å²) in [6.45, 7) is 4.60. The fourth-order valence-electron chi connectivity index (χ4n) is 2.88. The zero-order valence-electron chi connectivity index (χ0n) is 15.3. The van der Waals surface area contributed by atoms with Crippen LogP contribution in [-0.4, -0.2) is 50.6 Å². The Hall–Kier alpha value is -1.95. The van der Waals surface area contributed by atoms with Crippen molar-refractivity contribution in [3.63, 3.8) is 0 Å². The molecular formula is C20H23Cl2N3O2. The van der Waals surface area contributed by atoms with Crippen LogP contribution >= 0.6 is 23.2 Å². The second kappa shape index (κ2) is 9.31. The maximum absolute atomic E-state index is 12.0. The molecule has 27 heavy (non-hydrogen) atoms. The quantitative estimate of drug-likeness (QED) is 0.796. The highest BCUT2D eigenvalue weighted by molar-refractivity contribution is 6.35. The molecule has 0 aromatic heterocycles. The van der Waals surface area contributed by atoms with Gasteiger partial charge >= 0.3 is 0 Å². The summed E-state index contributed by atoms with van der Waals surface area (Å²) in [6.07, 6.45) is 0. The van der Waals surface area contributed by atoms with E-state index in [4.69, 9.17) is 27.9 Å². The zero-order valence-corrected chi connectivity index (χ0v) is 16.8. The summed E-state index contributed by atoms with van der Waals surface area (Å²) in [5, 5.41) is 3.76. The van der Waals surface area contributed by atoms with Crippen molar-refractivity contribution in [1.82, 2.24) is 10.2 Å². The van der Waals surface area contributed by atoms with Crippen LogP contribution in [0.15, 0.2) is 42.5 Å². The minimum Gasteiger partial charge on any atom is -0.482 e. The monoisotopic (exact) mass is 407 g/mol. The number of ether oxygens (including phenoxy) is 1. The molecule has 0 radical (unpaired) electrons. The van der Waals surface area contributed by atoms with Gasteiger partial charge in [0.1, 0.15) is 5.75 Å². The van der Waals surface area contributed by atoms with E-state index in [1.165, 1.54) is 5.69 Å². The highest BCUT2D eigenvalue weighted by Crippen LogP contribution is 2.27. The fraction of sp³-hybridized carbons (Fsp3) is 0.350. The second-order valence-corrected chi connectivity index (χ2v) is 7.44. The lowest BCUT2D eigenvalue weighted by atomic mass is 10.2. The van der Waals surface area contributed by atoms with Crippen molar-refractivity contribution in [2.24, 2.45) is 0 Å². The van der Waals surface area contributed by atoms with Gasteiger partial charge in [-0.2, -0.15) is 0 Å². The van der Waals surface area contributed by atoms with Gasteiger partial charge in [0.25, 0.3) is 5.91 Å². The van der Waals surface area contributed by atoms with E-state index in [0.717, 1.165) is 31.7 Å². The third-order valence-corrected chi connectivity index (χ3v) is 5.08. The van der Waals surface area contributed by atoms with Crippen LogP contribution in [0.5, 0.6) is 5.75 Å². The minimum atomic E-state index is -0.204. The van der Waals surface area contributed by atoms with E-state index in [1.807, 2.05) is 12.1 Å². The molecule has 0 spiro atoms. The molecule has 1 aliphatic heterocycles. The maximum Gasteiger partial charge on any atom is 0.258 e. The number of benzene rings is 2. The number of hydrogen-bond donors (Lipinski definition) is 1. The summed E-state index contributed by atoms with van der Waals surface area (Å²) >= 11 is 11.9. The van der Waals surface area contributed by atoms with Gasteiger partial charge in [0, 0.05) is 43.4 Å². The molecule has 2 aromatic carbocycles. The van der Waals surface area contributed by atoms with Crippen molar-refractivity contribution in [2.75, 3.05) is 44.7 Å². The van der Waals surface area contributed by atoms with E-state index in [-0.39, 0.29) is 12.5 Å². The normalized spacial score (nSPS) is 14.9. The number of carbonyl (C=O) groups excluding carboxylic acids is 1. The van der Waals surface area contributed by atoms with Gasteiger partial charge in [0.05, 0.1) is 5.02 Å². The van der Waals surface area contributed by atoms with Gasteiger partial charge in [0.15, 0.2) is 6.61 Å². The molecular weight excluding hydrogens is 385 g/mol. The molecule has 0 bridgehead atoms. The molecule has 0 saturated carbocycles. The first-order valence-corrected chi connectivity index (χ1v) is 9.64. The van der Waals surface area contributed by atoms with E-state index in [0.29, 0.717) is 22.3 Å². The van der Waals surface area contributed by atoms with Gasteiger partial charge in [-0.3, -0.25) is 4.79 Å². The molecule has 7 heteroatoms. The van der Waals surface area contributed by atoms with E-state index in [9.17, 15) is 4.79 Å². The number of anilines is 1. The summed E-state index contributed by atoms with van der Waals surface area (Å²) in [5.74, 6) is 0.233. The summed E-state index contributed by atoms with van der Waals surface area (Å²) in [7, 11) is 2.15. The predicted octanol–water partition coefficient (Wildman–Crippen LogP) is 3.44. The number of hydrogen-bond acceptors (Lipinski definition) is 4. The number of nitrogens with zero attached hydrogens (tertiary/aromatic N) is 2. The van der Waals surface area contributed by atoms with Crippen molar-refractivity contribution < 1.29 is 9.53 Å². The van der Waals surface area contributed by atoms with E-state index < -0.39 is 0 Å². The Morgan fingerprint density at radius 2 is 1.78 bits per heavy atom. The molecule has 2 aromatic rings. The van der Waals surface area contributed by atoms with Gasteiger partial charge in [-0.15, -0.1) is 0 Å². The van der Waals surface area contributed by atoms with E-state index in [2.05, 4.69) is 34.3 Å². The van der Waals surface area contributed by atoms with E-state index >= 15 is 0 Å². The first-order chi connectivity index (χ1) is 13.0. The third kappa shape index (κ3) is 5.76. The molecule has 0 unspecified atom stereocenters. The van der Waals surface area contributed by atoms with Crippen LogP contribution in [0.3, 0.4) is 0 Å². The second-order valence-electron chi connectivity index (χ2n) is 6.60. The molecule has 1 saturated heterocycles. The minimum absolute atomic E-state index is 0.0965. The molecule has 3 rings (SSSR count). The highest BCUT2D eigenvalue weighted by atomic mass is 35.5. The van der Waals surface area contributed by atoms with Crippen LogP contribution in [0.4, 0.5) is 5.69 Å². The zero-order chi connectivity index (χ0) is 19.2. The first-order valence-electron chi connectivity index (χ1n) is 8.88. The van der Waals surface area contributed by atoms with Crippen molar-refractivity contribution in [1.29, 1.82) is 0 Å². The Kier molecular flexibility index (Phi) is 6.83. The van der Waals surface area contributed by atoms with Crippen LogP contribution in [0, 0.1) is 0 Å². The van der Waals surface area contributed by atoms with E-state index in [1.54, 1.807) is 18.2 Å². The number of rotatable bonds is 6. The molecule has 1 aliphatic rings. The average molecular weight is 408 g/mol. The van der Waals surface area contributed by atoms with Crippen molar-refractivity contribution in [3.05, 3.63) is 58.1 Å². The lowest BCUT2D eigenvalue weighted by Gasteiger charge is -2.34. The largest absolute Gasteiger partial charge is 0.482 e. The number of carbonyl (C=O) groups is 1. The average Bonchev–Trinajstić information content (AvgIpc) is 2.67. The smallest absolute Gasteiger partial charge is 0.258 e. The first kappa shape index (κ1) is 19.8. The van der Waals surface area contributed by atoms with Crippen molar-refractivity contribution in [2.45, 2.75) is 6.54 Å². The SMILES string of the molecule is CN1CCN(c2ccc(CNC(=O)COc3ccc(Cl)cc3Cl)cc2)CC1. The van der Waals surface area contributed by atoms with Crippen molar-refractivity contribution in [3.8, 4) is 5.75 Å². The topological polar surface area (TPSA) is 44.8 Å². The Bertz CT molecular complexity index is 775. The summed E-state index contributed by atoms with van der Waals surface area (Å²) in [6, 6.07) is 13.2. The van der Waals surface area contributed by atoms with Gasteiger partial charge in [0.2, 0.25) is 0 Å². The number of piperazine rings is 1. The fourth-order valence-corrected chi connectivity index (χ4v) is 3.34. The van der Waals surface area contributed by atoms with Gasteiger partial charge < -0.3 is 19.9 Å². The summed E-state index contributed by atoms with van der Waals surface area (Å²) in [4.78, 5) is 16.7. The number of halogens is 2. The lowest BCUT2D eigenvalue weighted by molar-refractivity contribution is -0.123. The van der Waals surface area contributed by atoms with Crippen LogP contribution < -0.4 is 15.0 Å². The highest BCUT2D eigenvalue weighted by Gasteiger charge is 2.14. The van der Waals surface area contributed by atoms with Crippen LogP contribution in [0.25, 0.3) is 0 Å². The predicted molar refractivity (Wildman–Crippen MR) is 110 cm³/mol. The van der Waals surface area contributed by atoms with Gasteiger partial charge in [-0.05, 0) is 42.9 Å². The van der Waals surface area contributed by atoms with Gasteiger partial charge in [-0.25, -0.2) is 0 Å². The molecule has 1 fully saturated rings. The third-order valence-electron chi connectivity index (χ3n) is 4.55. The Morgan fingerprint density at radius 1 is 1.07 bits per heavy atom. The molecule has 0 atom stereocenters. The van der Waals surface area contributed by atoms with Crippen LogP contribution in [0.2, 0.25) is 10.0 Å².